The highest BCUT2D eigenvalue weighted by Gasteiger charge is 2.58. The number of carbonyl (C=O) groups is 2. The fourth-order valence-corrected chi connectivity index (χ4v) is 2.59. The quantitative estimate of drug-likeness (QED) is 0.631. The molecule has 0 saturated heterocycles. The summed E-state index contributed by atoms with van der Waals surface area (Å²) in [6, 6.07) is 0. The highest BCUT2D eigenvalue weighted by Crippen LogP contribution is 2.53. The average molecular weight is 271 g/mol. The molecule has 2 N–H and O–H groups in total. The maximum Gasteiger partial charge on any atom is 0.397 e. The molecule has 102 valence electrons. The largest absolute Gasteiger partial charge is 0.397 e. The van der Waals surface area contributed by atoms with Crippen molar-refractivity contribution in [1.29, 1.82) is 0 Å². The molecule has 0 aromatic heterocycles. The maximum atomic E-state index is 13.3. The Kier molecular flexibility index (Phi) is 3.12. The van der Waals surface area contributed by atoms with E-state index in [1.165, 1.54) is 12.2 Å². The van der Waals surface area contributed by atoms with Gasteiger partial charge >= 0.3 is 6.18 Å². The molecule has 2 aliphatic rings. The molecular formula is C13H12F3NO2. The molecular weight excluding hydrogens is 259 g/mol. The molecule has 2 aliphatic carbocycles. The van der Waals surface area contributed by atoms with Gasteiger partial charge < -0.3 is 10.5 Å². The Bertz CT molecular complexity index is 516. The van der Waals surface area contributed by atoms with Crippen molar-refractivity contribution >= 4 is 12.2 Å². The Morgan fingerprint density at radius 1 is 1.47 bits per heavy atom. The standard InChI is InChI=1S/C13H12F3NO2/c14-13(15,16)10-9(11(17)19)5-2-6-12(10,7-18)8-3-1-4-8/h2-3,5-7,10H,1,4H2,(H2,17,19). The number of carbonyl (C=O) groups excluding carboxylic acids is 2. The van der Waals surface area contributed by atoms with Crippen molar-refractivity contribution in [3.63, 3.8) is 0 Å². The molecule has 0 bridgehead atoms. The van der Waals surface area contributed by atoms with Gasteiger partial charge in [-0.3, -0.25) is 4.79 Å². The Morgan fingerprint density at radius 2 is 2.11 bits per heavy atom. The van der Waals surface area contributed by atoms with E-state index in [1.54, 1.807) is 6.08 Å². The minimum atomic E-state index is -4.72. The van der Waals surface area contributed by atoms with E-state index in [1.807, 2.05) is 0 Å². The van der Waals surface area contributed by atoms with Gasteiger partial charge in [-0.25, -0.2) is 0 Å². The first-order valence-electron chi connectivity index (χ1n) is 5.74. The van der Waals surface area contributed by atoms with Gasteiger partial charge in [-0.05, 0) is 12.8 Å². The zero-order valence-electron chi connectivity index (χ0n) is 9.91. The Balaban J connectivity index is 2.60. The summed E-state index contributed by atoms with van der Waals surface area (Å²) in [6.07, 6.45) is 1.72. The van der Waals surface area contributed by atoms with Crippen molar-refractivity contribution in [3.8, 4) is 0 Å². The highest BCUT2D eigenvalue weighted by molar-refractivity contribution is 5.95. The molecule has 2 rings (SSSR count). The number of hydrogen-bond donors (Lipinski definition) is 1. The maximum absolute atomic E-state index is 13.3. The van der Waals surface area contributed by atoms with Crippen LogP contribution in [0, 0.1) is 11.3 Å². The number of allylic oxidation sites excluding steroid dienone is 5. The van der Waals surface area contributed by atoms with Crippen molar-refractivity contribution in [2.45, 2.75) is 19.0 Å². The number of hydrogen-bond acceptors (Lipinski definition) is 2. The zero-order valence-corrected chi connectivity index (χ0v) is 9.91. The summed E-state index contributed by atoms with van der Waals surface area (Å²) in [5, 5.41) is 0. The topological polar surface area (TPSA) is 60.2 Å². The lowest BCUT2D eigenvalue weighted by molar-refractivity contribution is -0.185. The molecule has 1 amide bonds. The summed E-state index contributed by atoms with van der Waals surface area (Å²) in [6.45, 7) is 0. The van der Waals surface area contributed by atoms with Crippen LogP contribution in [0.25, 0.3) is 0 Å². The van der Waals surface area contributed by atoms with Gasteiger partial charge in [0.15, 0.2) is 0 Å². The molecule has 0 fully saturated rings. The van der Waals surface area contributed by atoms with Gasteiger partial charge in [0, 0.05) is 5.57 Å². The first-order valence-corrected chi connectivity index (χ1v) is 5.74. The van der Waals surface area contributed by atoms with Gasteiger partial charge in [0.25, 0.3) is 0 Å². The Hall–Kier alpha value is -1.85. The number of amides is 1. The molecule has 2 unspecified atom stereocenters. The number of primary amides is 1. The van der Waals surface area contributed by atoms with E-state index in [9.17, 15) is 22.8 Å². The molecule has 2 atom stereocenters. The van der Waals surface area contributed by atoms with E-state index in [-0.39, 0.29) is 6.29 Å². The average Bonchev–Trinajstić information content (AvgIpc) is 2.24. The van der Waals surface area contributed by atoms with Crippen LogP contribution in [0.4, 0.5) is 13.2 Å². The number of nitrogens with two attached hydrogens (primary N) is 1. The van der Waals surface area contributed by atoms with Crippen LogP contribution >= 0.6 is 0 Å². The van der Waals surface area contributed by atoms with Crippen LogP contribution in [0.3, 0.4) is 0 Å². The predicted molar refractivity (Wildman–Crippen MR) is 61.8 cm³/mol. The van der Waals surface area contributed by atoms with E-state index < -0.39 is 29.0 Å². The first-order chi connectivity index (χ1) is 8.83. The molecule has 0 aromatic carbocycles. The zero-order chi connectivity index (χ0) is 14.3. The number of rotatable bonds is 3. The summed E-state index contributed by atoms with van der Waals surface area (Å²) in [7, 11) is 0. The summed E-state index contributed by atoms with van der Waals surface area (Å²) >= 11 is 0. The summed E-state index contributed by atoms with van der Waals surface area (Å²) in [4.78, 5) is 22.6. The molecule has 6 heteroatoms. The van der Waals surface area contributed by atoms with Gasteiger partial charge in [0.1, 0.15) is 12.2 Å². The van der Waals surface area contributed by atoms with E-state index in [0.717, 1.165) is 6.08 Å². The molecule has 0 heterocycles. The molecule has 0 aromatic rings. The van der Waals surface area contributed by atoms with Crippen LogP contribution in [0.15, 0.2) is 35.5 Å². The van der Waals surface area contributed by atoms with Crippen LogP contribution in [0.1, 0.15) is 12.8 Å². The first kappa shape index (κ1) is 13.6. The van der Waals surface area contributed by atoms with Crippen molar-refractivity contribution in [2.75, 3.05) is 0 Å². The molecule has 19 heavy (non-hydrogen) atoms. The fraction of sp³-hybridized carbons (Fsp3) is 0.385. The van der Waals surface area contributed by atoms with Crippen molar-refractivity contribution in [3.05, 3.63) is 35.5 Å². The predicted octanol–water partition coefficient (Wildman–Crippen LogP) is 2.05. The molecule has 0 aliphatic heterocycles. The van der Waals surface area contributed by atoms with Crippen LogP contribution in [-0.4, -0.2) is 18.4 Å². The number of aldehydes is 1. The van der Waals surface area contributed by atoms with E-state index in [2.05, 4.69) is 0 Å². The van der Waals surface area contributed by atoms with Gasteiger partial charge in [-0.1, -0.05) is 29.9 Å². The van der Waals surface area contributed by atoms with Gasteiger partial charge in [-0.2, -0.15) is 13.2 Å². The lowest BCUT2D eigenvalue weighted by atomic mass is 9.62. The molecule has 0 radical (unpaired) electrons. The van der Waals surface area contributed by atoms with Gasteiger partial charge in [0.2, 0.25) is 5.91 Å². The van der Waals surface area contributed by atoms with Crippen molar-refractivity contribution in [2.24, 2.45) is 17.1 Å². The lowest BCUT2D eigenvalue weighted by Crippen LogP contribution is -2.47. The second-order valence-corrected chi connectivity index (χ2v) is 4.64. The molecule has 0 saturated carbocycles. The highest BCUT2D eigenvalue weighted by atomic mass is 19.4. The van der Waals surface area contributed by atoms with Crippen LogP contribution in [0.2, 0.25) is 0 Å². The minimum Gasteiger partial charge on any atom is -0.366 e. The third-order valence-corrected chi connectivity index (χ3v) is 3.60. The SMILES string of the molecule is NC(=O)C1=CC=CC(C=O)(C2=CCC2)C1C(F)(F)F. The smallest absolute Gasteiger partial charge is 0.366 e. The van der Waals surface area contributed by atoms with Gasteiger partial charge in [-0.15, -0.1) is 0 Å². The second-order valence-electron chi connectivity index (χ2n) is 4.64. The monoisotopic (exact) mass is 271 g/mol. The van der Waals surface area contributed by atoms with Crippen LogP contribution in [0.5, 0.6) is 0 Å². The number of halogens is 3. The third kappa shape index (κ3) is 2.01. The van der Waals surface area contributed by atoms with Crippen molar-refractivity contribution < 1.29 is 22.8 Å². The Labute approximate surface area is 107 Å². The van der Waals surface area contributed by atoms with Gasteiger partial charge in [0.05, 0.1) is 5.41 Å². The number of alkyl halides is 3. The molecule has 0 spiro atoms. The molecule has 3 nitrogen and oxygen atoms in total. The summed E-state index contributed by atoms with van der Waals surface area (Å²) in [5.41, 5.74) is 3.01. The van der Waals surface area contributed by atoms with E-state index in [4.69, 9.17) is 5.73 Å². The second kappa shape index (κ2) is 4.36. The third-order valence-electron chi connectivity index (χ3n) is 3.60. The minimum absolute atomic E-state index is 0.266. The van der Waals surface area contributed by atoms with Crippen LogP contribution < -0.4 is 5.73 Å². The summed E-state index contributed by atoms with van der Waals surface area (Å²) in [5.74, 6) is -3.36. The fourth-order valence-electron chi connectivity index (χ4n) is 2.59. The van der Waals surface area contributed by atoms with E-state index in [0.29, 0.717) is 18.4 Å². The van der Waals surface area contributed by atoms with E-state index >= 15 is 0 Å². The normalized spacial score (nSPS) is 30.2. The summed E-state index contributed by atoms with van der Waals surface area (Å²) < 4.78 is 39.9. The van der Waals surface area contributed by atoms with Crippen molar-refractivity contribution in [1.82, 2.24) is 0 Å². The van der Waals surface area contributed by atoms with Crippen LogP contribution in [-0.2, 0) is 9.59 Å². The lowest BCUT2D eigenvalue weighted by Gasteiger charge is -2.41. The Morgan fingerprint density at radius 3 is 2.47 bits per heavy atom.